The van der Waals surface area contributed by atoms with E-state index in [0.29, 0.717) is 17.6 Å². The number of nitrogens with two attached hydrogens (primary N) is 1. The fourth-order valence-corrected chi connectivity index (χ4v) is 2.39. The third-order valence-electron chi connectivity index (χ3n) is 3.22. The molecule has 1 aliphatic rings. The molecule has 0 amide bonds. The van der Waals surface area contributed by atoms with Crippen molar-refractivity contribution in [1.82, 2.24) is 14.8 Å². The van der Waals surface area contributed by atoms with Crippen LogP contribution >= 0.6 is 0 Å². The van der Waals surface area contributed by atoms with Gasteiger partial charge in [-0.1, -0.05) is 12.1 Å². The molecule has 0 spiro atoms. The van der Waals surface area contributed by atoms with Gasteiger partial charge in [-0.25, -0.2) is 4.68 Å². The number of nitrogen functional groups attached to an aromatic ring is 1. The number of benzene rings is 1. The number of aromatic hydroxyl groups is 1. The molecule has 2 aromatic rings. The minimum Gasteiger partial charge on any atom is -0.508 e. The molecular weight excluding hydrogens is 216 g/mol. The quantitative estimate of drug-likeness (QED) is 0.774. The first-order valence-corrected chi connectivity index (χ1v) is 5.70. The highest BCUT2D eigenvalue weighted by Crippen LogP contribution is 2.30. The fraction of sp³-hybridized carbons (Fsp3) is 0.333. The lowest BCUT2D eigenvalue weighted by molar-refractivity contribution is 0.431. The summed E-state index contributed by atoms with van der Waals surface area (Å²) < 4.78 is 1.87. The lowest BCUT2D eigenvalue weighted by atomic mass is 9.90. The van der Waals surface area contributed by atoms with Crippen molar-refractivity contribution in [3.63, 3.8) is 0 Å². The molecule has 0 radical (unpaired) electrons. The zero-order chi connectivity index (χ0) is 11.8. The van der Waals surface area contributed by atoms with Crippen LogP contribution in [0.25, 0.3) is 0 Å². The average molecular weight is 230 g/mol. The highest BCUT2D eigenvalue weighted by atomic mass is 16.3. The summed E-state index contributed by atoms with van der Waals surface area (Å²) in [5.74, 6) is 1.98. The Labute approximate surface area is 98.9 Å². The molecule has 1 aromatic heterocycles. The Bertz CT molecular complexity index is 549. The van der Waals surface area contributed by atoms with E-state index >= 15 is 0 Å². The van der Waals surface area contributed by atoms with Gasteiger partial charge in [-0.3, -0.25) is 0 Å². The number of anilines is 1. The van der Waals surface area contributed by atoms with E-state index < -0.39 is 0 Å². The second-order valence-corrected chi connectivity index (χ2v) is 4.39. The standard InChI is InChI=1S/C12H14N4O/c13-12-14-11-7-9(4-5-16(11)15-12)8-2-1-3-10(17)6-8/h1-3,6,9,17H,4-5,7H2,(H2,13,15). The number of nitrogens with zero attached hydrogens (tertiary/aromatic N) is 3. The van der Waals surface area contributed by atoms with Gasteiger partial charge in [0.1, 0.15) is 11.6 Å². The Kier molecular flexibility index (Phi) is 2.24. The predicted octanol–water partition coefficient (Wildman–Crippen LogP) is 1.30. The maximum atomic E-state index is 9.49. The number of hydrogen-bond acceptors (Lipinski definition) is 4. The lowest BCUT2D eigenvalue weighted by Crippen LogP contribution is -2.19. The van der Waals surface area contributed by atoms with Crippen molar-refractivity contribution in [2.45, 2.75) is 25.3 Å². The van der Waals surface area contributed by atoms with Crippen LogP contribution in [-0.4, -0.2) is 19.9 Å². The highest BCUT2D eigenvalue weighted by Gasteiger charge is 2.22. The molecule has 0 fully saturated rings. The Hall–Kier alpha value is -2.04. The summed E-state index contributed by atoms with van der Waals surface area (Å²) in [5, 5.41) is 13.6. The number of rotatable bonds is 1. The third kappa shape index (κ3) is 1.84. The summed E-state index contributed by atoms with van der Waals surface area (Å²) in [4.78, 5) is 4.22. The molecule has 0 saturated carbocycles. The first-order chi connectivity index (χ1) is 8.22. The summed E-state index contributed by atoms with van der Waals surface area (Å²) in [6.45, 7) is 0.833. The second kappa shape index (κ2) is 3.76. The second-order valence-electron chi connectivity index (χ2n) is 4.39. The molecule has 3 rings (SSSR count). The van der Waals surface area contributed by atoms with E-state index in [1.807, 2.05) is 22.9 Å². The Morgan fingerprint density at radius 3 is 3.12 bits per heavy atom. The van der Waals surface area contributed by atoms with Crippen LogP contribution in [0.2, 0.25) is 0 Å². The zero-order valence-corrected chi connectivity index (χ0v) is 9.37. The van der Waals surface area contributed by atoms with Crippen molar-refractivity contribution >= 4 is 5.95 Å². The lowest BCUT2D eigenvalue weighted by Gasteiger charge is -2.22. The van der Waals surface area contributed by atoms with Crippen LogP contribution in [0.1, 0.15) is 23.7 Å². The molecule has 17 heavy (non-hydrogen) atoms. The molecule has 0 aliphatic carbocycles. The Balaban J connectivity index is 1.88. The van der Waals surface area contributed by atoms with Crippen molar-refractivity contribution in [3.8, 4) is 5.75 Å². The number of phenolic OH excluding ortho intramolecular Hbond substituents is 1. The van der Waals surface area contributed by atoms with Gasteiger partial charge in [0.2, 0.25) is 5.95 Å². The first-order valence-electron chi connectivity index (χ1n) is 5.70. The molecule has 1 unspecified atom stereocenters. The van der Waals surface area contributed by atoms with Crippen LogP contribution in [0.5, 0.6) is 5.75 Å². The van der Waals surface area contributed by atoms with Crippen molar-refractivity contribution in [3.05, 3.63) is 35.7 Å². The smallest absolute Gasteiger partial charge is 0.239 e. The number of fused-ring (bicyclic) bond motifs is 1. The number of phenols is 1. The van der Waals surface area contributed by atoms with E-state index in [0.717, 1.165) is 30.8 Å². The van der Waals surface area contributed by atoms with Crippen LogP contribution in [0.3, 0.4) is 0 Å². The molecular formula is C12H14N4O. The molecule has 88 valence electrons. The van der Waals surface area contributed by atoms with E-state index in [1.54, 1.807) is 6.07 Å². The minimum atomic E-state index is 0.314. The van der Waals surface area contributed by atoms with Crippen molar-refractivity contribution in [2.24, 2.45) is 0 Å². The number of aryl methyl sites for hydroxylation is 1. The highest BCUT2D eigenvalue weighted by molar-refractivity contribution is 5.31. The minimum absolute atomic E-state index is 0.314. The third-order valence-corrected chi connectivity index (χ3v) is 3.22. The molecule has 5 nitrogen and oxygen atoms in total. The molecule has 1 aromatic carbocycles. The van der Waals surface area contributed by atoms with Crippen molar-refractivity contribution in [2.75, 3.05) is 5.73 Å². The maximum absolute atomic E-state index is 9.49. The number of hydrogen-bond donors (Lipinski definition) is 2. The largest absolute Gasteiger partial charge is 0.508 e. The SMILES string of the molecule is Nc1nc2n(n1)CCC(c1cccc(O)c1)C2. The molecule has 5 heteroatoms. The zero-order valence-electron chi connectivity index (χ0n) is 9.37. The van der Waals surface area contributed by atoms with Crippen molar-refractivity contribution < 1.29 is 5.11 Å². The van der Waals surface area contributed by atoms with Gasteiger partial charge in [-0.2, -0.15) is 4.98 Å². The monoisotopic (exact) mass is 230 g/mol. The topological polar surface area (TPSA) is 77.0 Å². The molecule has 1 atom stereocenters. The van der Waals surface area contributed by atoms with E-state index in [9.17, 15) is 5.11 Å². The van der Waals surface area contributed by atoms with Gasteiger partial charge in [-0.05, 0) is 30.0 Å². The predicted molar refractivity (Wildman–Crippen MR) is 63.6 cm³/mol. The molecule has 0 saturated heterocycles. The summed E-state index contributed by atoms with van der Waals surface area (Å²) in [6, 6.07) is 7.42. The summed E-state index contributed by atoms with van der Waals surface area (Å²) >= 11 is 0. The molecule has 1 aliphatic heterocycles. The molecule has 0 bridgehead atoms. The van der Waals surface area contributed by atoms with E-state index in [2.05, 4.69) is 10.1 Å². The molecule has 2 heterocycles. The van der Waals surface area contributed by atoms with E-state index in [1.165, 1.54) is 0 Å². The molecule has 3 N–H and O–H groups in total. The normalized spacial score (nSPS) is 18.9. The Morgan fingerprint density at radius 2 is 2.29 bits per heavy atom. The Morgan fingerprint density at radius 1 is 1.41 bits per heavy atom. The average Bonchev–Trinajstić information content (AvgIpc) is 2.68. The van der Waals surface area contributed by atoms with Gasteiger partial charge in [0.25, 0.3) is 0 Å². The summed E-state index contributed by atoms with van der Waals surface area (Å²) in [5.41, 5.74) is 6.73. The first kappa shape index (κ1) is 10.1. The van der Waals surface area contributed by atoms with Crippen LogP contribution in [0, 0.1) is 0 Å². The number of aromatic nitrogens is 3. The van der Waals surface area contributed by atoms with Gasteiger partial charge < -0.3 is 10.8 Å². The van der Waals surface area contributed by atoms with Crippen molar-refractivity contribution in [1.29, 1.82) is 0 Å². The fourth-order valence-electron chi connectivity index (χ4n) is 2.39. The van der Waals surface area contributed by atoms with Gasteiger partial charge >= 0.3 is 0 Å². The van der Waals surface area contributed by atoms with E-state index in [4.69, 9.17) is 5.73 Å². The van der Waals surface area contributed by atoms with Gasteiger partial charge in [0.15, 0.2) is 0 Å². The maximum Gasteiger partial charge on any atom is 0.239 e. The van der Waals surface area contributed by atoms with Crippen LogP contribution < -0.4 is 5.73 Å². The summed E-state index contributed by atoms with van der Waals surface area (Å²) in [6.07, 6.45) is 1.83. The summed E-state index contributed by atoms with van der Waals surface area (Å²) in [7, 11) is 0. The van der Waals surface area contributed by atoms with Crippen LogP contribution in [0.15, 0.2) is 24.3 Å². The van der Waals surface area contributed by atoms with Gasteiger partial charge in [0, 0.05) is 13.0 Å². The van der Waals surface area contributed by atoms with Crippen LogP contribution in [0.4, 0.5) is 5.95 Å². The van der Waals surface area contributed by atoms with Gasteiger partial charge in [-0.15, -0.1) is 5.10 Å². The van der Waals surface area contributed by atoms with Crippen LogP contribution in [-0.2, 0) is 13.0 Å². The van der Waals surface area contributed by atoms with Gasteiger partial charge in [0.05, 0.1) is 0 Å². The van der Waals surface area contributed by atoms with E-state index in [-0.39, 0.29) is 0 Å².